The maximum atomic E-state index is 12.9. The van der Waals surface area contributed by atoms with Crippen LogP contribution in [0.3, 0.4) is 0 Å². The molecule has 6 nitrogen and oxygen atoms in total. The van der Waals surface area contributed by atoms with Gasteiger partial charge in [0.2, 0.25) is 15.9 Å². The second-order valence-electron chi connectivity index (χ2n) is 6.32. The molecular formula is C17H24N2O4S. The number of ether oxygens (including phenoxy) is 1. The van der Waals surface area contributed by atoms with Gasteiger partial charge in [-0.1, -0.05) is 6.42 Å². The molecule has 1 aliphatic heterocycles. The summed E-state index contributed by atoms with van der Waals surface area (Å²) in [5.74, 6) is 0.358. The van der Waals surface area contributed by atoms with Gasteiger partial charge in [-0.3, -0.25) is 4.79 Å². The number of sulfonamides is 1. The minimum atomic E-state index is -3.60. The van der Waals surface area contributed by atoms with Crippen LogP contribution < -0.4 is 10.1 Å². The van der Waals surface area contributed by atoms with E-state index in [9.17, 15) is 13.2 Å². The lowest BCUT2D eigenvalue weighted by molar-refractivity contribution is -0.122. The summed E-state index contributed by atoms with van der Waals surface area (Å²) in [6.45, 7) is 3.27. The summed E-state index contributed by atoms with van der Waals surface area (Å²) < 4.78 is 32.8. The Morgan fingerprint density at radius 2 is 1.96 bits per heavy atom. The summed E-state index contributed by atoms with van der Waals surface area (Å²) in [4.78, 5) is 12.3. The van der Waals surface area contributed by atoms with Crippen LogP contribution in [-0.4, -0.2) is 38.3 Å². The van der Waals surface area contributed by atoms with E-state index in [4.69, 9.17) is 4.74 Å². The number of carbonyl (C=O) groups excluding carboxylic acids is 1. The van der Waals surface area contributed by atoms with Gasteiger partial charge < -0.3 is 10.1 Å². The Bertz CT molecular complexity index is 707. The van der Waals surface area contributed by atoms with Crippen molar-refractivity contribution in [2.75, 3.05) is 25.0 Å². The maximum absolute atomic E-state index is 12.9. The van der Waals surface area contributed by atoms with Crippen molar-refractivity contribution in [2.45, 2.75) is 43.9 Å². The van der Waals surface area contributed by atoms with Crippen LogP contribution in [-0.2, 0) is 14.8 Å². The average Bonchev–Trinajstić information content (AvgIpc) is 3.02. The minimum absolute atomic E-state index is 0.0325. The van der Waals surface area contributed by atoms with Crippen LogP contribution in [0.2, 0.25) is 0 Å². The zero-order valence-electron chi connectivity index (χ0n) is 14.0. The van der Waals surface area contributed by atoms with Crippen molar-refractivity contribution in [3.05, 3.63) is 18.2 Å². The first kappa shape index (κ1) is 17.2. The molecule has 1 saturated heterocycles. The van der Waals surface area contributed by atoms with E-state index in [1.807, 2.05) is 6.92 Å². The third-order valence-electron chi connectivity index (χ3n) is 4.67. The Morgan fingerprint density at radius 3 is 2.54 bits per heavy atom. The normalized spacial score (nSPS) is 19.0. The number of carbonyl (C=O) groups is 1. The predicted molar refractivity (Wildman–Crippen MR) is 91.6 cm³/mol. The SMILES string of the molecule is CCOc1ccc(NC(=O)C2CCC2)cc1S(=O)(=O)N1CCCC1. The third kappa shape index (κ3) is 3.42. The third-order valence-corrected chi connectivity index (χ3v) is 6.59. The van der Waals surface area contributed by atoms with Gasteiger partial charge in [0.15, 0.2) is 0 Å². The van der Waals surface area contributed by atoms with Crippen molar-refractivity contribution in [1.29, 1.82) is 0 Å². The second-order valence-corrected chi connectivity index (χ2v) is 8.23. The molecule has 1 heterocycles. The number of benzene rings is 1. The van der Waals surface area contributed by atoms with Crippen molar-refractivity contribution < 1.29 is 17.9 Å². The molecule has 24 heavy (non-hydrogen) atoms. The Morgan fingerprint density at radius 1 is 1.25 bits per heavy atom. The summed E-state index contributed by atoms with van der Waals surface area (Å²) in [6.07, 6.45) is 4.64. The first-order valence-electron chi connectivity index (χ1n) is 8.60. The van der Waals surface area contributed by atoms with Crippen LogP contribution in [0.4, 0.5) is 5.69 Å². The van der Waals surface area contributed by atoms with E-state index in [0.717, 1.165) is 32.1 Å². The molecule has 1 saturated carbocycles. The number of hydrogen-bond acceptors (Lipinski definition) is 4. The van der Waals surface area contributed by atoms with Crippen molar-refractivity contribution in [3.63, 3.8) is 0 Å². The molecule has 0 aromatic heterocycles. The first-order valence-corrected chi connectivity index (χ1v) is 10.0. The lowest BCUT2D eigenvalue weighted by Crippen LogP contribution is -2.29. The van der Waals surface area contributed by atoms with Crippen molar-refractivity contribution in [2.24, 2.45) is 5.92 Å². The molecule has 7 heteroatoms. The number of anilines is 1. The predicted octanol–water partition coefficient (Wildman–Crippen LogP) is 2.61. The lowest BCUT2D eigenvalue weighted by Gasteiger charge is -2.24. The van der Waals surface area contributed by atoms with E-state index in [1.165, 1.54) is 10.4 Å². The highest BCUT2D eigenvalue weighted by Crippen LogP contribution is 2.33. The van der Waals surface area contributed by atoms with Crippen molar-refractivity contribution in [1.82, 2.24) is 4.31 Å². The molecule has 1 aromatic carbocycles. The van der Waals surface area contributed by atoms with Gasteiger partial charge in [-0.05, 0) is 50.8 Å². The molecule has 1 amide bonds. The zero-order chi connectivity index (χ0) is 17.2. The van der Waals surface area contributed by atoms with E-state index < -0.39 is 10.0 Å². The maximum Gasteiger partial charge on any atom is 0.246 e. The van der Waals surface area contributed by atoms with Crippen LogP contribution in [0, 0.1) is 5.92 Å². The standard InChI is InChI=1S/C17H24N2O4S/c1-2-23-15-9-8-14(18-17(20)13-6-5-7-13)12-16(15)24(21,22)19-10-3-4-11-19/h8-9,12-13H,2-7,10-11H2,1H3,(H,18,20). The van der Waals surface area contributed by atoms with Crippen LogP contribution in [0.25, 0.3) is 0 Å². The number of hydrogen-bond donors (Lipinski definition) is 1. The zero-order valence-corrected chi connectivity index (χ0v) is 14.8. The number of nitrogens with one attached hydrogen (secondary N) is 1. The summed E-state index contributed by atoms with van der Waals surface area (Å²) in [5, 5.41) is 2.84. The van der Waals surface area contributed by atoms with Crippen LogP contribution >= 0.6 is 0 Å². The Balaban J connectivity index is 1.89. The fourth-order valence-electron chi connectivity index (χ4n) is 3.04. The number of nitrogens with zero attached hydrogens (tertiary/aromatic N) is 1. The molecular weight excluding hydrogens is 328 g/mol. The second kappa shape index (κ2) is 7.11. The fraction of sp³-hybridized carbons (Fsp3) is 0.588. The van der Waals surface area contributed by atoms with E-state index >= 15 is 0 Å². The average molecular weight is 352 g/mol. The van der Waals surface area contributed by atoms with Crippen molar-refractivity contribution >= 4 is 21.6 Å². The monoisotopic (exact) mass is 352 g/mol. The highest BCUT2D eigenvalue weighted by molar-refractivity contribution is 7.89. The van der Waals surface area contributed by atoms with Gasteiger partial charge in [0.05, 0.1) is 6.61 Å². The number of amides is 1. The van der Waals surface area contributed by atoms with Gasteiger partial charge in [0.25, 0.3) is 0 Å². The fourth-order valence-corrected chi connectivity index (χ4v) is 4.72. The molecule has 0 unspecified atom stereocenters. The summed E-state index contributed by atoms with van der Waals surface area (Å²) in [6, 6.07) is 4.85. The number of rotatable bonds is 6. The molecule has 1 N–H and O–H groups in total. The highest BCUT2D eigenvalue weighted by atomic mass is 32.2. The molecule has 0 spiro atoms. The first-order chi connectivity index (χ1) is 11.5. The summed E-state index contributed by atoms with van der Waals surface area (Å²) in [5.41, 5.74) is 0.508. The van der Waals surface area contributed by atoms with Crippen LogP contribution in [0.5, 0.6) is 5.75 Å². The van der Waals surface area contributed by atoms with Crippen LogP contribution in [0.1, 0.15) is 39.0 Å². The topological polar surface area (TPSA) is 75.7 Å². The van der Waals surface area contributed by atoms with Gasteiger partial charge in [-0.15, -0.1) is 0 Å². The molecule has 2 fully saturated rings. The van der Waals surface area contributed by atoms with Gasteiger partial charge >= 0.3 is 0 Å². The van der Waals surface area contributed by atoms with Gasteiger partial charge in [-0.25, -0.2) is 8.42 Å². The van der Waals surface area contributed by atoms with E-state index in [-0.39, 0.29) is 16.7 Å². The quantitative estimate of drug-likeness (QED) is 0.854. The van der Waals surface area contributed by atoms with Crippen LogP contribution in [0.15, 0.2) is 23.1 Å². The largest absolute Gasteiger partial charge is 0.492 e. The summed E-state index contributed by atoms with van der Waals surface area (Å²) in [7, 11) is -3.60. The lowest BCUT2D eigenvalue weighted by atomic mass is 9.85. The van der Waals surface area contributed by atoms with Crippen molar-refractivity contribution in [3.8, 4) is 5.75 Å². The molecule has 0 atom stereocenters. The van der Waals surface area contributed by atoms with E-state index in [0.29, 0.717) is 31.1 Å². The van der Waals surface area contributed by atoms with Gasteiger partial charge in [0.1, 0.15) is 10.6 Å². The van der Waals surface area contributed by atoms with E-state index in [2.05, 4.69) is 5.32 Å². The smallest absolute Gasteiger partial charge is 0.246 e. The highest BCUT2D eigenvalue weighted by Gasteiger charge is 2.31. The molecule has 2 aliphatic rings. The van der Waals surface area contributed by atoms with Gasteiger partial charge in [-0.2, -0.15) is 4.31 Å². The minimum Gasteiger partial charge on any atom is -0.492 e. The Kier molecular flexibility index (Phi) is 5.10. The molecule has 132 valence electrons. The molecule has 1 aromatic rings. The Labute approximate surface area is 143 Å². The summed E-state index contributed by atoms with van der Waals surface area (Å²) >= 11 is 0. The molecule has 0 bridgehead atoms. The van der Waals surface area contributed by atoms with E-state index in [1.54, 1.807) is 12.1 Å². The Hall–Kier alpha value is -1.60. The molecule has 1 aliphatic carbocycles. The molecule has 0 radical (unpaired) electrons. The van der Waals surface area contributed by atoms with Gasteiger partial charge in [0, 0.05) is 24.7 Å². The molecule has 3 rings (SSSR count).